The van der Waals surface area contributed by atoms with Crippen LogP contribution in [0.2, 0.25) is 0 Å². The predicted octanol–water partition coefficient (Wildman–Crippen LogP) is 11.6. The first kappa shape index (κ1) is 26.8. The molecule has 0 atom stereocenters. The van der Waals surface area contributed by atoms with Crippen molar-refractivity contribution in [1.82, 2.24) is 0 Å². The molecule has 0 saturated carbocycles. The summed E-state index contributed by atoms with van der Waals surface area (Å²) in [7, 11) is 0. The molecule has 6 nitrogen and oxygen atoms in total. The van der Waals surface area contributed by atoms with E-state index in [2.05, 4.69) is 0 Å². The van der Waals surface area contributed by atoms with E-state index in [1.807, 2.05) is 0 Å². The van der Waals surface area contributed by atoms with Crippen molar-refractivity contribution in [3.05, 3.63) is 35.5 Å². The summed E-state index contributed by atoms with van der Waals surface area (Å²) in [5.74, 6) is -59.2. The summed E-state index contributed by atoms with van der Waals surface area (Å²) in [6.07, 6.45) is -24.6. The Bertz CT molecular complexity index is 2100. The summed E-state index contributed by atoms with van der Waals surface area (Å²) in [5.41, 5.74) is -13.5. The first-order valence-corrected chi connectivity index (χ1v) is 12.2. The van der Waals surface area contributed by atoms with Gasteiger partial charge in [-0.05, 0) is 0 Å². The summed E-state index contributed by atoms with van der Waals surface area (Å²) in [6, 6.07) is 0. The fourth-order valence-corrected chi connectivity index (χ4v) is 1.99. The zero-order valence-corrected chi connectivity index (χ0v) is 30.0. The number of hydrogen-bond donors (Lipinski definition) is 3. The molecule has 0 bridgehead atoms. The van der Waals surface area contributed by atoms with Crippen molar-refractivity contribution in [2.45, 2.75) is 116 Å². The monoisotopic (exact) mass is 1060 g/mol. The van der Waals surface area contributed by atoms with Crippen LogP contribution < -0.4 is 0 Å². The van der Waals surface area contributed by atoms with Crippen molar-refractivity contribution in [3.8, 4) is 0 Å². The topological polar surface area (TPSA) is 112 Å². The van der Waals surface area contributed by atoms with E-state index in [1.165, 1.54) is 0 Å². The van der Waals surface area contributed by atoms with Crippen molar-refractivity contribution in [1.29, 1.82) is 0 Å². The Kier molecular flexibility index (Phi) is 8.80. The SMILES string of the molecule is [2H]C([2H])([2H])C(C(=O)/C=C(\O)C(F)(F)C(F)(F)C(F)(F)F)(C([2H])([2H])[2H])C([2H])([2H])[2H].[2H]C([2H])([2H])C(C(=O)/C=C(\O)C(F)(F)C(F)(F)C(F)(F)F)(C([2H])([2H])[2H])C([2H])([2H])[2H].[2H]C([2H])([2H])C(C(=O)/C=C(\O)C(F)(F)C(F)(F)C(F)(F)F)(C([2H])([2H])[2H])C([2H])([2H])[2H].[Pr]. The Morgan fingerprint density at radius 1 is 0.362 bits per heavy atom. The quantitative estimate of drug-likeness (QED) is 0.120. The smallest absolute Gasteiger partial charge is 0.460 e. The van der Waals surface area contributed by atoms with Gasteiger partial charge in [0.25, 0.3) is 0 Å². The van der Waals surface area contributed by atoms with Crippen LogP contribution in [0.15, 0.2) is 35.5 Å². The molecule has 28 heteroatoms. The molecule has 58 heavy (non-hydrogen) atoms. The first-order chi connectivity index (χ1) is 35.4. The van der Waals surface area contributed by atoms with Crippen LogP contribution in [0.25, 0.3) is 0 Å². The largest absolute Gasteiger partial charge is 0.506 e. The summed E-state index contributed by atoms with van der Waals surface area (Å²) >= 11 is 0. The minimum absolute atomic E-state index is 0. The fraction of sp³-hybridized carbons (Fsp3) is 0.700. The second-order valence-corrected chi connectivity index (χ2v) is 9.87. The van der Waals surface area contributed by atoms with Crippen LogP contribution >= 0.6 is 0 Å². The Morgan fingerprint density at radius 2 is 0.500 bits per heavy atom. The molecule has 0 aliphatic carbocycles. The third-order valence-electron chi connectivity index (χ3n) is 5.13. The number of carbonyl (C=O) groups excluding carboxylic acids is 3. The summed E-state index contributed by atoms with van der Waals surface area (Å²) in [6.45, 7) is -38.8. The van der Waals surface area contributed by atoms with E-state index in [4.69, 9.17) is 52.3 Å². The van der Waals surface area contributed by atoms with Gasteiger partial charge in [-0.25, -0.2) is 0 Å². The molecule has 0 spiro atoms. The molecule has 0 heterocycles. The first-order valence-electron chi connectivity index (χ1n) is 25.7. The van der Waals surface area contributed by atoms with Crippen molar-refractivity contribution >= 4 is 17.3 Å². The van der Waals surface area contributed by atoms with Gasteiger partial charge >= 0.3 is 54.1 Å². The average Bonchev–Trinajstić information content (AvgIpc) is 3.11. The van der Waals surface area contributed by atoms with Gasteiger partial charge in [0.05, 0.1) is 0 Å². The number of ketones is 3. The van der Waals surface area contributed by atoms with Gasteiger partial charge < -0.3 is 15.3 Å². The number of alkyl halides is 21. The van der Waals surface area contributed by atoms with Crippen LogP contribution in [-0.2, 0) is 14.4 Å². The Balaban J connectivity index is -0.000000576. The van der Waals surface area contributed by atoms with Crippen LogP contribution in [0.3, 0.4) is 0 Å². The molecule has 0 amide bonds. The van der Waals surface area contributed by atoms with Crippen LogP contribution in [0.1, 0.15) is 98.7 Å². The van der Waals surface area contributed by atoms with Crippen LogP contribution in [-0.4, -0.2) is 86.7 Å². The molecular formula is C30H33F21O6Pr. The van der Waals surface area contributed by atoms with E-state index in [-0.39, 0.29) is 41.3 Å². The van der Waals surface area contributed by atoms with Gasteiger partial charge in [0.1, 0.15) is 0 Å². The molecule has 3 N–H and O–H groups in total. The molecule has 0 aliphatic heterocycles. The molecule has 0 rings (SSSR count). The molecule has 0 aromatic rings. The molecule has 339 valence electrons. The average molecular weight is 1060 g/mol. The molecule has 0 fully saturated rings. The minimum atomic E-state index is -6.97. The number of halogens is 21. The molecule has 1 radical (unpaired) electrons. The van der Waals surface area contributed by atoms with E-state index in [9.17, 15) is 107 Å². The number of carbonyl (C=O) groups is 3. The van der Waals surface area contributed by atoms with Gasteiger partial charge in [-0.15, -0.1) is 0 Å². The number of allylic oxidation sites excluding steroid dienone is 6. The number of aliphatic hydroxyl groups is 3. The maximum Gasteiger partial charge on any atom is 0.460 e. The number of aliphatic hydroxyl groups excluding tert-OH is 3. The zero-order valence-electron chi connectivity index (χ0n) is 53.3. The number of rotatable bonds is 9. The summed E-state index contributed by atoms with van der Waals surface area (Å²) < 4.78 is 457. The van der Waals surface area contributed by atoms with E-state index >= 15 is 0 Å². The molecule has 0 aromatic carbocycles. The van der Waals surface area contributed by atoms with E-state index in [0.717, 1.165) is 0 Å². The molecule has 0 saturated heterocycles. The normalized spacial score (nSPS) is 24.2. The van der Waals surface area contributed by atoms with Gasteiger partial charge in [-0.1, -0.05) is 61.7 Å². The van der Waals surface area contributed by atoms with E-state index in [0.29, 0.717) is 0 Å². The van der Waals surface area contributed by atoms with Gasteiger partial charge in [0.2, 0.25) is 0 Å². The van der Waals surface area contributed by atoms with Crippen molar-refractivity contribution in [3.63, 3.8) is 0 Å². The Morgan fingerprint density at radius 3 is 0.603 bits per heavy atom. The number of hydrogen-bond acceptors (Lipinski definition) is 6. The van der Waals surface area contributed by atoms with Crippen LogP contribution in [0.4, 0.5) is 92.2 Å². The van der Waals surface area contributed by atoms with E-state index < -0.39 is 185 Å². The summed E-state index contributed by atoms with van der Waals surface area (Å²) in [4.78, 5) is 36.2. The third kappa shape index (κ3) is 14.9. The molecule has 0 aromatic heterocycles. The van der Waals surface area contributed by atoms with Crippen molar-refractivity contribution < 1.29 is 200 Å². The van der Waals surface area contributed by atoms with Gasteiger partial charge in [-0.3, -0.25) is 14.4 Å². The van der Waals surface area contributed by atoms with Crippen LogP contribution in [0.5, 0.6) is 0 Å². The van der Waals surface area contributed by atoms with E-state index in [1.54, 1.807) is 0 Å². The molecular weight excluding hydrogens is 996 g/mol. The fourth-order valence-electron chi connectivity index (χ4n) is 1.99. The maximum absolute atomic E-state index is 13.4. The maximum atomic E-state index is 13.4. The van der Waals surface area contributed by atoms with Gasteiger partial charge in [-0.2, -0.15) is 92.2 Å². The zero-order chi connectivity index (χ0) is 70.1. The van der Waals surface area contributed by atoms with Crippen molar-refractivity contribution in [2.75, 3.05) is 0 Å². The standard InChI is InChI=1S/3C10H11F7O2.Pr/c3*1-7(2,3)5(18)4-6(19)8(11,12)9(13,14)10(15,16)17;/h3*4,19H,1-3H3;/b3*6-4-;/i3*1D3,2D3,3D3;. The van der Waals surface area contributed by atoms with Gasteiger partial charge in [0.15, 0.2) is 34.6 Å². The third-order valence-corrected chi connectivity index (χ3v) is 5.13. The predicted molar refractivity (Wildman–Crippen MR) is 153 cm³/mol. The summed E-state index contributed by atoms with van der Waals surface area (Å²) in [5, 5.41) is 26.9. The van der Waals surface area contributed by atoms with Crippen LogP contribution in [0, 0.1) is 57.5 Å². The van der Waals surface area contributed by atoms with Gasteiger partial charge in [0, 0.05) is 113 Å². The second kappa shape index (κ2) is 19.1. The Labute approximate surface area is 385 Å². The van der Waals surface area contributed by atoms with Crippen molar-refractivity contribution in [2.24, 2.45) is 16.2 Å². The minimum Gasteiger partial charge on any atom is -0.506 e. The molecule has 0 aliphatic rings. The molecule has 0 unspecified atom stereocenters. The second-order valence-electron chi connectivity index (χ2n) is 9.87. The Hall–Kier alpha value is -2.48.